The zero-order valence-corrected chi connectivity index (χ0v) is 14.8. The van der Waals surface area contributed by atoms with E-state index >= 15 is 0 Å². The Morgan fingerprint density at radius 2 is 1.96 bits per heavy atom. The molecule has 3 rings (SSSR count). The second-order valence-electron chi connectivity index (χ2n) is 5.27. The van der Waals surface area contributed by atoms with Crippen LogP contribution in [0.1, 0.15) is 15.9 Å². The first kappa shape index (κ1) is 17.3. The van der Waals surface area contributed by atoms with Crippen molar-refractivity contribution in [2.24, 2.45) is 0 Å². The number of benzene rings is 1. The highest BCUT2D eigenvalue weighted by Crippen LogP contribution is 2.15. The number of hydrogen-bond donors (Lipinski definition) is 2. The monoisotopic (exact) mass is 375 g/mol. The number of carbonyl (C=O) groups excluding carboxylic acids is 1. The van der Waals surface area contributed by atoms with Crippen molar-refractivity contribution in [3.63, 3.8) is 0 Å². The fourth-order valence-electron chi connectivity index (χ4n) is 2.23. The highest BCUT2D eigenvalue weighted by Gasteiger charge is 2.10. The largest absolute Gasteiger partial charge is 0.373 e. The van der Waals surface area contributed by atoms with Crippen LogP contribution in [0.25, 0.3) is 5.69 Å². The minimum Gasteiger partial charge on any atom is -0.373 e. The molecular formula is C17H15Cl2N5O. The number of pyridine rings is 1. The average molecular weight is 376 g/mol. The van der Waals surface area contributed by atoms with Crippen molar-refractivity contribution in [1.29, 1.82) is 0 Å². The van der Waals surface area contributed by atoms with E-state index in [9.17, 15) is 4.79 Å². The predicted octanol–water partition coefficient (Wildman–Crippen LogP) is 3.55. The Balaban J connectivity index is 1.67. The van der Waals surface area contributed by atoms with Gasteiger partial charge in [-0.1, -0.05) is 23.2 Å². The molecule has 0 bridgehead atoms. The number of anilines is 1. The smallest absolute Gasteiger partial charge is 0.251 e. The molecule has 8 heteroatoms. The van der Waals surface area contributed by atoms with Crippen LogP contribution in [0.2, 0.25) is 10.2 Å². The maximum absolute atomic E-state index is 12.3. The number of rotatable bonds is 5. The van der Waals surface area contributed by atoms with E-state index in [0.717, 1.165) is 11.3 Å². The van der Waals surface area contributed by atoms with Crippen LogP contribution in [0.4, 0.5) is 5.82 Å². The van der Waals surface area contributed by atoms with Gasteiger partial charge in [0.25, 0.3) is 5.91 Å². The molecule has 1 amide bonds. The van der Waals surface area contributed by atoms with Gasteiger partial charge in [0.05, 0.1) is 11.9 Å². The van der Waals surface area contributed by atoms with E-state index in [1.54, 1.807) is 36.1 Å². The lowest BCUT2D eigenvalue weighted by atomic mass is 10.2. The lowest BCUT2D eigenvalue weighted by Gasteiger charge is -2.06. The Morgan fingerprint density at radius 3 is 2.68 bits per heavy atom. The van der Waals surface area contributed by atoms with Crippen LogP contribution in [0.5, 0.6) is 0 Å². The van der Waals surface area contributed by atoms with Gasteiger partial charge in [-0.3, -0.25) is 4.79 Å². The molecule has 0 saturated carbocycles. The summed E-state index contributed by atoms with van der Waals surface area (Å²) in [6.07, 6.45) is 3.55. The van der Waals surface area contributed by atoms with Gasteiger partial charge in [0.1, 0.15) is 11.0 Å². The van der Waals surface area contributed by atoms with Crippen molar-refractivity contribution in [1.82, 2.24) is 20.1 Å². The summed E-state index contributed by atoms with van der Waals surface area (Å²) in [5, 5.41) is 10.9. The Bertz CT molecular complexity index is 892. The van der Waals surface area contributed by atoms with Gasteiger partial charge < -0.3 is 10.6 Å². The Hall–Kier alpha value is -2.57. The summed E-state index contributed by atoms with van der Waals surface area (Å²) < 4.78 is 1.72. The van der Waals surface area contributed by atoms with Gasteiger partial charge in [-0.15, -0.1) is 0 Å². The Morgan fingerprint density at radius 1 is 1.20 bits per heavy atom. The zero-order valence-electron chi connectivity index (χ0n) is 13.3. The number of carbonyl (C=O) groups is 1. The molecule has 0 aliphatic heterocycles. The van der Waals surface area contributed by atoms with Crippen molar-refractivity contribution >= 4 is 34.9 Å². The maximum atomic E-state index is 12.3. The summed E-state index contributed by atoms with van der Waals surface area (Å²) in [7, 11) is 1.71. The molecule has 0 saturated heterocycles. The number of nitrogens with zero attached hydrogens (tertiary/aromatic N) is 3. The summed E-state index contributed by atoms with van der Waals surface area (Å²) in [4.78, 5) is 16.3. The SMILES string of the molecule is CNc1cc(C(=O)NCc2cnn(-c3ccc(Cl)cc3)c2)cc(Cl)n1. The van der Waals surface area contributed by atoms with Crippen molar-refractivity contribution in [2.75, 3.05) is 12.4 Å². The standard InChI is InChI=1S/C17H15Cl2N5O/c1-20-16-7-12(6-15(19)23-16)17(25)21-8-11-9-22-24(10-11)14-4-2-13(18)3-5-14/h2-7,9-10H,8H2,1H3,(H,20,23)(H,21,25). The van der Waals surface area contributed by atoms with Gasteiger partial charge in [-0.2, -0.15) is 5.10 Å². The summed E-state index contributed by atoms with van der Waals surface area (Å²) in [5.41, 5.74) is 2.20. The molecule has 0 aliphatic carbocycles. The highest BCUT2D eigenvalue weighted by molar-refractivity contribution is 6.30. The third-order valence-electron chi connectivity index (χ3n) is 3.49. The molecule has 2 heterocycles. The average Bonchev–Trinajstić information content (AvgIpc) is 3.08. The van der Waals surface area contributed by atoms with Gasteiger partial charge in [0.2, 0.25) is 0 Å². The summed E-state index contributed by atoms with van der Waals surface area (Å²) in [6, 6.07) is 10.5. The predicted molar refractivity (Wildman–Crippen MR) is 98.5 cm³/mol. The first-order chi connectivity index (χ1) is 12.0. The third kappa shape index (κ3) is 4.29. The van der Waals surface area contributed by atoms with Crippen LogP contribution in [0, 0.1) is 0 Å². The molecule has 0 atom stereocenters. The maximum Gasteiger partial charge on any atom is 0.251 e. The van der Waals surface area contributed by atoms with E-state index in [4.69, 9.17) is 23.2 Å². The summed E-state index contributed by atoms with van der Waals surface area (Å²) in [5.74, 6) is 0.299. The lowest BCUT2D eigenvalue weighted by molar-refractivity contribution is 0.0951. The molecular weight excluding hydrogens is 361 g/mol. The van der Waals surface area contributed by atoms with Crippen LogP contribution < -0.4 is 10.6 Å². The molecule has 0 radical (unpaired) electrons. The fourth-order valence-corrected chi connectivity index (χ4v) is 2.56. The third-order valence-corrected chi connectivity index (χ3v) is 3.94. The van der Waals surface area contributed by atoms with Crippen LogP contribution in [0.15, 0.2) is 48.8 Å². The van der Waals surface area contributed by atoms with Gasteiger partial charge in [0, 0.05) is 35.9 Å². The van der Waals surface area contributed by atoms with E-state index in [1.807, 2.05) is 18.3 Å². The Kier molecular flexibility index (Phi) is 5.21. The van der Waals surface area contributed by atoms with E-state index in [2.05, 4.69) is 20.7 Å². The van der Waals surface area contributed by atoms with Crippen molar-refractivity contribution in [2.45, 2.75) is 6.54 Å². The Labute approximate surface area is 154 Å². The highest BCUT2D eigenvalue weighted by atomic mass is 35.5. The number of nitrogens with one attached hydrogen (secondary N) is 2. The van der Waals surface area contributed by atoms with Crippen LogP contribution in [0.3, 0.4) is 0 Å². The van der Waals surface area contributed by atoms with Crippen molar-refractivity contribution < 1.29 is 4.79 Å². The first-order valence-electron chi connectivity index (χ1n) is 7.48. The molecule has 1 aromatic carbocycles. The van der Waals surface area contributed by atoms with E-state index < -0.39 is 0 Å². The number of aromatic nitrogens is 3. The van der Waals surface area contributed by atoms with Gasteiger partial charge in [-0.05, 0) is 36.4 Å². The second-order valence-corrected chi connectivity index (χ2v) is 6.09. The van der Waals surface area contributed by atoms with Crippen LogP contribution in [-0.4, -0.2) is 27.7 Å². The molecule has 0 unspecified atom stereocenters. The number of hydrogen-bond acceptors (Lipinski definition) is 4. The molecule has 128 valence electrons. The van der Waals surface area contributed by atoms with Crippen LogP contribution >= 0.6 is 23.2 Å². The molecule has 0 spiro atoms. The van der Waals surface area contributed by atoms with Gasteiger partial charge >= 0.3 is 0 Å². The normalized spacial score (nSPS) is 10.5. The number of halogens is 2. The quantitative estimate of drug-likeness (QED) is 0.668. The zero-order chi connectivity index (χ0) is 17.8. The van der Waals surface area contributed by atoms with E-state index in [-0.39, 0.29) is 11.1 Å². The topological polar surface area (TPSA) is 71.8 Å². The molecule has 25 heavy (non-hydrogen) atoms. The molecule has 6 nitrogen and oxygen atoms in total. The molecule has 0 aliphatic rings. The molecule has 2 N–H and O–H groups in total. The minimum atomic E-state index is -0.236. The summed E-state index contributed by atoms with van der Waals surface area (Å²) in [6.45, 7) is 0.348. The van der Waals surface area contributed by atoms with E-state index in [1.165, 1.54) is 6.07 Å². The second kappa shape index (κ2) is 7.55. The number of amides is 1. The van der Waals surface area contributed by atoms with Crippen molar-refractivity contribution in [3.05, 3.63) is 70.1 Å². The van der Waals surface area contributed by atoms with Crippen molar-refractivity contribution in [3.8, 4) is 5.69 Å². The molecule has 0 fully saturated rings. The minimum absolute atomic E-state index is 0.236. The first-order valence-corrected chi connectivity index (χ1v) is 8.24. The molecule has 3 aromatic rings. The van der Waals surface area contributed by atoms with E-state index in [0.29, 0.717) is 22.9 Å². The lowest BCUT2D eigenvalue weighted by Crippen LogP contribution is -2.22. The van der Waals surface area contributed by atoms with Gasteiger partial charge in [-0.25, -0.2) is 9.67 Å². The van der Waals surface area contributed by atoms with Crippen LogP contribution in [-0.2, 0) is 6.54 Å². The molecule has 2 aromatic heterocycles. The summed E-state index contributed by atoms with van der Waals surface area (Å²) >= 11 is 11.8. The fraction of sp³-hybridized carbons (Fsp3) is 0.118. The van der Waals surface area contributed by atoms with Gasteiger partial charge in [0.15, 0.2) is 0 Å².